The second kappa shape index (κ2) is 7.81. The lowest BCUT2D eigenvalue weighted by Crippen LogP contribution is -2.19. The monoisotopic (exact) mass is 350 g/mol. The summed E-state index contributed by atoms with van der Waals surface area (Å²) in [5, 5.41) is 8.68. The van der Waals surface area contributed by atoms with Crippen molar-refractivity contribution in [3.8, 4) is 11.4 Å². The van der Waals surface area contributed by atoms with Gasteiger partial charge in [-0.15, -0.1) is 16.8 Å². The van der Waals surface area contributed by atoms with Gasteiger partial charge in [0.1, 0.15) is 5.25 Å². The van der Waals surface area contributed by atoms with Crippen molar-refractivity contribution in [1.29, 1.82) is 0 Å². The second-order valence-electron chi connectivity index (χ2n) is 5.38. The van der Waals surface area contributed by atoms with Crippen molar-refractivity contribution >= 4 is 17.7 Å². The average molecular weight is 350 g/mol. The zero-order chi connectivity index (χ0) is 17.6. The van der Waals surface area contributed by atoms with Crippen molar-refractivity contribution in [3.63, 3.8) is 0 Å². The number of hydrogen-bond donors (Lipinski definition) is 1. The molecule has 0 aliphatic rings. The Balaban J connectivity index is 1.98. The van der Waals surface area contributed by atoms with Gasteiger partial charge in [0.25, 0.3) is 0 Å². The highest BCUT2D eigenvalue weighted by atomic mass is 32.2. The van der Waals surface area contributed by atoms with Gasteiger partial charge in [-0.05, 0) is 5.56 Å². The third kappa shape index (κ3) is 3.80. The molecule has 0 spiro atoms. The van der Waals surface area contributed by atoms with Crippen LogP contribution >= 0.6 is 11.8 Å². The smallest absolute Gasteiger partial charge is 0.235 e. The minimum atomic E-state index is -0.530. The first-order valence-electron chi connectivity index (χ1n) is 7.81. The molecule has 25 heavy (non-hydrogen) atoms. The molecule has 3 aromatic rings. The number of carbonyl (C=O) groups is 1. The number of aromatic nitrogens is 3. The molecule has 0 radical (unpaired) electrons. The van der Waals surface area contributed by atoms with Crippen LogP contribution in [0.15, 0.2) is 78.5 Å². The number of thioether (sulfide) groups is 1. The standard InChI is InChI=1S/C19H18N4OS/c1-2-13-23-18(15-11-7-4-8-12-15)21-22-19(23)25-16(17(20)24)14-9-5-3-6-10-14/h2-12,16H,1,13H2,(H2,20,24). The van der Waals surface area contributed by atoms with Crippen molar-refractivity contribution in [2.24, 2.45) is 5.73 Å². The Kier molecular flexibility index (Phi) is 5.30. The Morgan fingerprint density at radius 1 is 1.12 bits per heavy atom. The van der Waals surface area contributed by atoms with Gasteiger partial charge in [-0.1, -0.05) is 78.5 Å². The maximum absolute atomic E-state index is 12.0. The molecule has 1 atom stereocenters. The molecule has 0 bridgehead atoms. The topological polar surface area (TPSA) is 73.8 Å². The lowest BCUT2D eigenvalue weighted by atomic mass is 10.1. The van der Waals surface area contributed by atoms with E-state index >= 15 is 0 Å². The van der Waals surface area contributed by atoms with Gasteiger partial charge in [-0.2, -0.15) is 0 Å². The van der Waals surface area contributed by atoms with E-state index in [4.69, 9.17) is 5.73 Å². The quantitative estimate of drug-likeness (QED) is 0.523. The summed E-state index contributed by atoms with van der Waals surface area (Å²) in [6.07, 6.45) is 1.78. The highest BCUT2D eigenvalue weighted by Crippen LogP contribution is 2.35. The SMILES string of the molecule is C=CCn1c(SC(C(N)=O)c2ccccc2)nnc1-c1ccccc1. The molecule has 1 aromatic heterocycles. The molecule has 6 heteroatoms. The molecule has 0 aliphatic heterocycles. The Morgan fingerprint density at radius 3 is 2.36 bits per heavy atom. The van der Waals surface area contributed by atoms with Gasteiger partial charge >= 0.3 is 0 Å². The lowest BCUT2D eigenvalue weighted by Gasteiger charge is -2.14. The predicted octanol–water partition coefficient (Wildman–Crippen LogP) is 3.45. The number of nitrogens with two attached hydrogens (primary N) is 1. The molecule has 0 fully saturated rings. The first kappa shape index (κ1) is 17.0. The predicted molar refractivity (Wildman–Crippen MR) is 99.9 cm³/mol. The average Bonchev–Trinajstić information content (AvgIpc) is 3.04. The van der Waals surface area contributed by atoms with Crippen LogP contribution in [0.4, 0.5) is 0 Å². The van der Waals surface area contributed by atoms with Crippen LogP contribution in [0.5, 0.6) is 0 Å². The summed E-state index contributed by atoms with van der Waals surface area (Å²) in [5.74, 6) is 0.324. The van der Waals surface area contributed by atoms with E-state index in [2.05, 4.69) is 16.8 Å². The summed E-state index contributed by atoms with van der Waals surface area (Å²) < 4.78 is 1.94. The van der Waals surface area contributed by atoms with Crippen molar-refractivity contribution in [2.45, 2.75) is 17.0 Å². The summed E-state index contributed by atoms with van der Waals surface area (Å²) in [6, 6.07) is 19.2. The van der Waals surface area contributed by atoms with Gasteiger partial charge in [-0.3, -0.25) is 9.36 Å². The third-order valence-electron chi connectivity index (χ3n) is 3.64. The fourth-order valence-corrected chi connectivity index (χ4v) is 3.49. The zero-order valence-electron chi connectivity index (χ0n) is 13.6. The van der Waals surface area contributed by atoms with Gasteiger partial charge in [0.2, 0.25) is 5.91 Å². The van der Waals surface area contributed by atoms with Gasteiger partial charge in [-0.25, -0.2) is 0 Å². The number of benzene rings is 2. The summed E-state index contributed by atoms with van der Waals surface area (Å²) in [4.78, 5) is 12.0. The molecule has 2 N–H and O–H groups in total. The van der Waals surface area contributed by atoms with Crippen molar-refractivity contribution < 1.29 is 4.79 Å². The molecule has 126 valence electrons. The van der Waals surface area contributed by atoms with Crippen LogP contribution in [0.1, 0.15) is 10.8 Å². The van der Waals surface area contributed by atoms with Gasteiger partial charge in [0.05, 0.1) is 0 Å². The number of hydrogen-bond acceptors (Lipinski definition) is 4. The summed E-state index contributed by atoms with van der Waals surface area (Å²) in [7, 11) is 0. The van der Waals surface area contributed by atoms with Crippen LogP contribution in [0.25, 0.3) is 11.4 Å². The first-order valence-corrected chi connectivity index (χ1v) is 8.69. The molecule has 1 heterocycles. The normalized spacial score (nSPS) is 11.8. The highest BCUT2D eigenvalue weighted by molar-refractivity contribution is 8.00. The molecular weight excluding hydrogens is 332 g/mol. The molecule has 5 nitrogen and oxygen atoms in total. The second-order valence-corrected chi connectivity index (χ2v) is 6.45. The Bertz CT molecular complexity index is 862. The third-order valence-corrected chi connectivity index (χ3v) is 4.90. The Hall–Kier alpha value is -2.86. The first-order chi connectivity index (χ1) is 12.2. The van der Waals surface area contributed by atoms with Gasteiger partial charge < -0.3 is 5.73 Å². The largest absolute Gasteiger partial charge is 0.368 e. The fourth-order valence-electron chi connectivity index (χ4n) is 2.49. The van der Waals surface area contributed by atoms with Crippen LogP contribution in [-0.4, -0.2) is 20.7 Å². The maximum atomic E-state index is 12.0. The van der Waals surface area contributed by atoms with E-state index in [1.165, 1.54) is 11.8 Å². The molecule has 0 aliphatic carbocycles. The number of primary amides is 1. The number of rotatable bonds is 7. The summed E-state index contributed by atoms with van der Waals surface area (Å²) in [6.45, 7) is 4.35. The summed E-state index contributed by atoms with van der Waals surface area (Å²) in [5.41, 5.74) is 7.42. The lowest BCUT2D eigenvalue weighted by molar-refractivity contribution is -0.117. The summed E-state index contributed by atoms with van der Waals surface area (Å²) >= 11 is 1.30. The van der Waals surface area contributed by atoms with E-state index in [9.17, 15) is 4.79 Å². The van der Waals surface area contributed by atoms with Crippen molar-refractivity contribution in [3.05, 3.63) is 78.9 Å². The van der Waals surface area contributed by atoms with E-state index < -0.39 is 11.2 Å². The highest BCUT2D eigenvalue weighted by Gasteiger charge is 2.23. The van der Waals surface area contributed by atoms with Crippen molar-refractivity contribution in [1.82, 2.24) is 14.8 Å². The molecule has 0 saturated heterocycles. The number of amides is 1. The number of allylic oxidation sites excluding steroid dienone is 1. The van der Waals surface area contributed by atoms with Crippen LogP contribution in [0.3, 0.4) is 0 Å². The van der Waals surface area contributed by atoms with Gasteiger partial charge in [0, 0.05) is 12.1 Å². The van der Waals surface area contributed by atoms with Crippen molar-refractivity contribution in [2.75, 3.05) is 0 Å². The van der Waals surface area contributed by atoms with Gasteiger partial charge in [0.15, 0.2) is 11.0 Å². The molecule has 1 unspecified atom stereocenters. The molecule has 3 rings (SSSR count). The number of carbonyl (C=O) groups excluding carboxylic acids is 1. The van der Waals surface area contributed by atoms with Crippen LogP contribution in [0.2, 0.25) is 0 Å². The molecule has 2 aromatic carbocycles. The van der Waals surface area contributed by atoms with E-state index in [-0.39, 0.29) is 0 Å². The van der Waals surface area contributed by atoms with Crippen LogP contribution in [-0.2, 0) is 11.3 Å². The molecule has 0 saturated carbocycles. The van der Waals surface area contributed by atoms with E-state index in [0.717, 1.165) is 17.0 Å². The van der Waals surface area contributed by atoms with E-state index in [1.54, 1.807) is 6.08 Å². The Morgan fingerprint density at radius 2 is 1.76 bits per heavy atom. The van der Waals surface area contributed by atoms with E-state index in [1.807, 2.05) is 65.2 Å². The maximum Gasteiger partial charge on any atom is 0.235 e. The fraction of sp³-hybridized carbons (Fsp3) is 0.105. The van der Waals surface area contributed by atoms with Crippen LogP contribution < -0.4 is 5.73 Å². The molecule has 1 amide bonds. The van der Waals surface area contributed by atoms with E-state index in [0.29, 0.717) is 11.7 Å². The zero-order valence-corrected chi connectivity index (χ0v) is 14.4. The Labute approximate surface area is 150 Å². The molecular formula is C19H18N4OS. The minimum absolute atomic E-state index is 0.411. The number of nitrogens with zero attached hydrogens (tertiary/aromatic N) is 3. The minimum Gasteiger partial charge on any atom is -0.368 e. The van der Waals surface area contributed by atoms with Crippen LogP contribution in [0, 0.1) is 0 Å².